The normalized spacial score (nSPS) is 10.2. The number of anilines is 1. The Labute approximate surface area is 153 Å². The van der Waals surface area contributed by atoms with E-state index in [-0.39, 0.29) is 0 Å². The highest BCUT2D eigenvalue weighted by Gasteiger charge is 1.97. The molecule has 1 aromatic heterocycles. The molecule has 0 aliphatic carbocycles. The van der Waals surface area contributed by atoms with Crippen LogP contribution in [0.25, 0.3) is 0 Å². The van der Waals surface area contributed by atoms with E-state index in [9.17, 15) is 0 Å². The molecule has 0 unspecified atom stereocenters. The van der Waals surface area contributed by atoms with Gasteiger partial charge in [-0.05, 0) is 61.5 Å². The summed E-state index contributed by atoms with van der Waals surface area (Å²) in [5.74, 6) is 0.869. The van der Waals surface area contributed by atoms with Crippen LogP contribution in [0.15, 0.2) is 48.8 Å². The number of aromatic nitrogens is 1. The number of halogens is 1. The molecule has 6 heteroatoms. The molecule has 24 heavy (non-hydrogen) atoms. The zero-order valence-corrected chi connectivity index (χ0v) is 15.1. The molecular formula is C18H22ClN3OS. The van der Waals surface area contributed by atoms with Crippen molar-refractivity contribution in [3.8, 4) is 5.75 Å². The first-order valence-electron chi connectivity index (χ1n) is 8.07. The van der Waals surface area contributed by atoms with Crippen LogP contribution in [0.1, 0.15) is 25.7 Å². The van der Waals surface area contributed by atoms with Gasteiger partial charge in [0.2, 0.25) is 0 Å². The lowest BCUT2D eigenvalue weighted by atomic mass is 10.2. The number of unbranched alkanes of at least 4 members (excludes halogenated alkanes) is 3. The minimum atomic E-state index is 0.646. The van der Waals surface area contributed by atoms with Gasteiger partial charge in [-0.2, -0.15) is 0 Å². The standard InChI is InChI=1S/C18H22ClN3OS/c19-15-5-7-17(8-6-15)23-14-4-2-1-3-11-21-18(24)22-16-9-12-20-13-10-16/h5-10,12-13H,1-4,11,14H2,(H2,20,21,22,24). The lowest BCUT2D eigenvalue weighted by Crippen LogP contribution is -2.29. The summed E-state index contributed by atoms with van der Waals surface area (Å²) in [6, 6.07) is 11.2. The number of hydrogen-bond donors (Lipinski definition) is 2. The van der Waals surface area contributed by atoms with Crippen molar-refractivity contribution in [2.24, 2.45) is 0 Å². The van der Waals surface area contributed by atoms with Gasteiger partial charge in [0.15, 0.2) is 5.11 Å². The molecule has 1 heterocycles. The van der Waals surface area contributed by atoms with Gasteiger partial charge in [0.25, 0.3) is 0 Å². The third-order valence-electron chi connectivity index (χ3n) is 3.38. The van der Waals surface area contributed by atoms with Crippen molar-refractivity contribution in [1.82, 2.24) is 10.3 Å². The van der Waals surface area contributed by atoms with Crippen molar-refractivity contribution < 1.29 is 4.74 Å². The summed E-state index contributed by atoms with van der Waals surface area (Å²) in [6.45, 7) is 1.60. The number of rotatable bonds is 9. The molecule has 0 bridgehead atoms. The average Bonchev–Trinajstić information content (AvgIpc) is 2.60. The van der Waals surface area contributed by atoms with Crippen molar-refractivity contribution in [2.45, 2.75) is 25.7 Å². The van der Waals surface area contributed by atoms with E-state index in [1.54, 1.807) is 12.4 Å². The maximum atomic E-state index is 5.83. The molecule has 0 spiro atoms. The van der Waals surface area contributed by atoms with E-state index in [0.717, 1.165) is 55.3 Å². The SMILES string of the molecule is S=C(NCCCCCCOc1ccc(Cl)cc1)Nc1ccncc1. The van der Waals surface area contributed by atoms with Crippen LogP contribution in [0.2, 0.25) is 5.02 Å². The molecule has 0 atom stereocenters. The third-order valence-corrected chi connectivity index (χ3v) is 3.88. The van der Waals surface area contributed by atoms with Crippen LogP contribution in [0, 0.1) is 0 Å². The Morgan fingerprint density at radius 1 is 1.00 bits per heavy atom. The number of hydrogen-bond acceptors (Lipinski definition) is 3. The lowest BCUT2D eigenvalue weighted by Gasteiger charge is -2.10. The second-order valence-corrected chi connectivity index (χ2v) is 6.18. The van der Waals surface area contributed by atoms with Crippen LogP contribution in [0.5, 0.6) is 5.75 Å². The van der Waals surface area contributed by atoms with Crippen molar-refractivity contribution >= 4 is 34.6 Å². The van der Waals surface area contributed by atoms with E-state index < -0.39 is 0 Å². The molecule has 128 valence electrons. The van der Waals surface area contributed by atoms with Gasteiger partial charge >= 0.3 is 0 Å². The fraction of sp³-hybridized carbons (Fsp3) is 0.333. The molecule has 0 fully saturated rings. The van der Waals surface area contributed by atoms with Gasteiger partial charge in [0, 0.05) is 29.6 Å². The Morgan fingerprint density at radius 2 is 1.71 bits per heavy atom. The Bertz CT molecular complexity index is 607. The molecule has 0 aliphatic rings. The molecule has 2 aromatic rings. The molecule has 0 amide bonds. The third kappa shape index (κ3) is 7.62. The number of pyridine rings is 1. The van der Waals surface area contributed by atoms with E-state index in [0.29, 0.717) is 5.11 Å². The van der Waals surface area contributed by atoms with Gasteiger partial charge in [0.1, 0.15) is 5.75 Å². The van der Waals surface area contributed by atoms with Crippen molar-refractivity contribution in [3.05, 3.63) is 53.8 Å². The molecule has 4 nitrogen and oxygen atoms in total. The fourth-order valence-electron chi connectivity index (χ4n) is 2.11. The van der Waals surface area contributed by atoms with Gasteiger partial charge in [-0.3, -0.25) is 4.98 Å². The van der Waals surface area contributed by atoms with Crippen LogP contribution in [-0.4, -0.2) is 23.2 Å². The van der Waals surface area contributed by atoms with Gasteiger partial charge in [-0.1, -0.05) is 24.4 Å². The summed E-state index contributed by atoms with van der Waals surface area (Å²) in [5, 5.41) is 7.71. The van der Waals surface area contributed by atoms with E-state index in [1.165, 1.54) is 0 Å². The van der Waals surface area contributed by atoms with E-state index in [1.807, 2.05) is 36.4 Å². The van der Waals surface area contributed by atoms with E-state index in [4.69, 9.17) is 28.6 Å². The van der Waals surface area contributed by atoms with Gasteiger partial charge in [0.05, 0.1) is 6.61 Å². The molecule has 2 N–H and O–H groups in total. The number of thiocarbonyl (C=S) groups is 1. The van der Waals surface area contributed by atoms with Crippen molar-refractivity contribution in [3.63, 3.8) is 0 Å². The molecule has 0 radical (unpaired) electrons. The minimum Gasteiger partial charge on any atom is -0.494 e. The van der Waals surface area contributed by atoms with Crippen LogP contribution in [0.3, 0.4) is 0 Å². The highest BCUT2D eigenvalue weighted by molar-refractivity contribution is 7.80. The summed E-state index contributed by atoms with van der Waals surface area (Å²) in [6.07, 6.45) is 7.88. The van der Waals surface area contributed by atoms with E-state index >= 15 is 0 Å². The van der Waals surface area contributed by atoms with E-state index in [2.05, 4.69) is 15.6 Å². The van der Waals surface area contributed by atoms with Crippen molar-refractivity contribution in [1.29, 1.82) is 0 Å². The summed E-state index contributed by atoms with van der Waals surface area (Å²) in [5.41, 5.74) is 0.946. The monoisotopic (exact) mass is 363 g/mol. The topological polar surface area (TPSA) is 46.2 Å². The lowest BCUT2D eigenvalue weighted by molar-refractivity contribution is 0.304. The quantitative estimate of drug-likeness (QED) is 0.501. The van der Waals surface area contributed by atoms with Crippen molar-refractivity contribution in [2.75, 3.05) is 18.5 Å². The smallest absolute Gasteiger partial charge is 0.170 e. The number of benzene rings is 1. The average molecular weight is 364 g/mol. The first kappa shape index (κ1) is 18.5. The summed E-state index contributed by atoms with van der Waals surface area (Å²) in [4.78, 5) is 3.97. The zero-order chi connectivity index (χ0) is 17.0. The molecule has 0 aliphatic heterocycles. The minimum absolute atomic E-state index is 0.646. The highest BCUT2D eigenvalue weighted by atomic mass is 35.5. The number of nitrogens with one attached hydrogen (secondary N) is 2. The molecule has 2 rings (SSSR count). The largest absolute Gasteiger partial charge is 0.494 e. The second kappa shape index (κ2) is 10.8. The van der Waals surface area contributed by atoms with Crippen LogP contribution >= 0.6 is 23.8 Å². The fourth-order valence-corrected chi connectivity index (χ4v) is 2.46. The number of nitrogens with zero attached hydrogens (tertiary/aromatic N) is 1. The second-order valence-electron chi connectivity index (χ2n) is 5.33. The van der Waals surface area contributed by atoms with Gasteiger partial charge < -0.3 is 15.4 Å². The summed E-state index contributed by atoms with van der Waals surface area (Å²) < 4.78 is 5.66. The molecule has 0 saturated heterocycles. The first-order valence-corrected chi connectivity index (χ1v) is 8.86. The molecule has 0 saturated carbocycles. The summed E-state index contributed by atoms with van der Waals surface area (Å²) in [7, 11) is 0. The maximum absolute atomic E-state index is 5.83. The predicted octanol–water partition coefficient (Wildman–Crippen LogP) is 4.66. The van der Waals surface area contributed by atoms with Crippen LogP contribution in [0.4, 0.5) is 5.69 Å². The zero-order valence-electron chi connectivity index (χ0n) is 13.5. The Balaban J connectivity index is 1.45. The maximum Gasteiger partial charge on any atom is 0.170 e. The molecular weight excluding hydrogens is 342 g/mol. The Kier molecular flexibility index (Phi) is 8.35. The predicted molar refractivity (Wildman–Crippen MR) is 104 cm³/mol. The van der Waals surface area contributed by atoms with Gasteiger partial charge in [-0.25, -0.2) is 0 Å². The highest BCUT2D eigenvalue weighted by Crippen LogP contribution is 2.15. The van der Waals surface area contributed by atoms with Gasteiger partial charge in [-0.15, -0.1) is 0 Å². The number of ether oxygens (including phenoxy) is 1. The Hall–Kier alpha value is -1.85. The van der Waals surface area contributed by atoms with Crippen LogP contribution < -0.4 is 15.4 Å². The molecule has 1 aromatic carbocycles. The summed E-state index contributed by atoms with van der Waals surface area (Å²) >= 11 is 11.1. The van der Waals surface area contributed by atoms with Crippen LogP contribution in [-0.2, 0) is 0 Å². The Morgan fingerprint density at radius 3 is 2.46 bits per heavy atom. The first-order chi connectivity index (χ1) is 11.7.